The van der Waals surface area contributed by atoms with Crippen LogP contribution in [0.15, 0.2) is 0 Å². The Kier molecular flexibility index (Phi) is 8.78. The number of ether oxygens (including phenoxy) is 2. The molecule has 5 nitrogen and oxygen atoms in total. The van der Waals surface area contributed by atoms with Gasteiger partial charge in [0.2, 0.25) is 0 Å². The largest absolute Gasteiger partial charge is 0.468 e. The van der Waals surface area contributed by atoms with Gasteiger partial charge in [-0.15, -0.1) is 0 Å². The molecule has 0 amide bonds. The molecule has 1 saturated carbocycles. The van der Waals surface area contributed by atoms with E-state index in [-0.39, 0.29) is 18.1 Å². The molecule has 0 bridgehead atoms. The van der Waals surface area contributed by atoms with Crippen LogP contribution in [0, 0.1) is 11.8 Å². The summed E-state index contributed by atoms with van der Waals surface area (Å²) in [6.45, 7) is 0. The lowest BCUT2D eigenvalue weighted by molar-refractivity contribution is -0.162. The lowest BCUT2D eigenvalue weighted by atomic mass is 9.82. The summed E-state index contributed by atoms with van der Waals surface area (Å²) in [6, 6.07) is 0. The molecule has 0 aliphatic heterocycles. The summed E-state index contributed by atoms with van der Waals surface area (Å²) >= 11 is 0. The van der Waals surface area contributed by atoms with Crippen molar-refractivity contribution in [2.75, 3.05) is 14.2 Å². The summed E-state index contributed by atoms with van der Waals surface area (Å²) in [5.41, 5.74) is 0. The maximum Gasteiger partial charge on any atom is 0.320 e. The fraction of sp³-hybridized carbons (Fsp3) is 0.824. The molecule has 1 unspecified atom stereocenters. The van der Waals surface area contributed by atoms with Crippen LogP contribution in [-0.4, -0.2) is 31.9 Å². The molecule has 22 heavy (non-hydrogen) atoms. The summed E-state index contributed by atoms with van der Waals surface area (Å²) in [6.07, 6.45) is 8.98. The molecule has 126 valence electrons. The molecule has 0 spiro atoms. The molecular weight excluding hydrogens is 284 g/mol. The predicted molar refractivity (Wildman–Crippen MR) is 82.2 cm³/mol. The lowest BCUT2D eigenvalue weighted by Crippen LogP contribution is -2.34. The van der Waals surface area contributed by atoms with E-state index in [9.17, 15) is 14.4 Å². The van der Waals surface area contributed by atoms with Gasteiger partial charge in [0.1, 0.15) is 5.78 Å². The Balaban J connectivity index is 2.82. The molecule has 0 aromatic carbocycles. The summed E-state index contributed by atoms with van der Waals surface area (Å²) in [5.74, 6) is -2.37. The molecule has 0 heterocycles. The average molecular weight is 312 g/mol. The molecule has 0 aromatic heterocycles. The second-order valence-corrected chi connectivity index (χ2v) is 6.04. The van der Waals surface area contributed by atoms with Gasteiger partial charge in [-0.2, -0.15) is 0 Å². The van der Waals surface area contributed by atoms with Crippen LogP contribution in [0.1, 0.15) is 64.2 Å². The van der Waals surface area contributed by atoms with Crippen molar-refractivity contribution in [1.29, 1.82) is 0 Å². The van der Waals surface area contributed by atoms with Crippen molar-refractivity contribution in [2.45, 2.75) is 64.2 Å². The highest BCUT2D eigenvalue weighted by Gasteiger charge is 2.37. The lowest BCUT2D eigenvalue weighted by Gasteiger charge is -2.23. The van der Waals surface area contributed by atoms with E-state index < -0.39 is 17.9 Å². The zero-order valence-electron chi connectivity index (χ0n) is 13.8. The first-order valence-electron chi connectivity index (χ1n) is 8.27. The summed E-state index contributed by atoms with van der Waals surface area (Å²) in [4.78, 5) is 36.0. The molecule has 5 heteroatoms. The summed E-state index contributed by atoms with van der Waals surface area (Å²) < 4.78 is 9.49. The Morgan fingerprint density at radius 3 is 1.95 bits per heavy atom. The molecule has 1 aliphatic rings. The molecule has 1 atom stereocenters. The number of hydrogen-bond donors (Lipinski definition) is 0. The second-order valence-electron chi connectivity index (χ2n) is 6.04. The summed E-state index contributed by atoms with van der Waals surface area (Å²) in [5, 5.41) is 0. The molecule has 1 fully saturated rings. The fourth-order valence-electron chi connectivity index (χ4n) is 3.13. The number of ketones is 1. The van der Waals surface area contributed by atoms with Gasteiger partial charge in [-0.05, 0) is 18.8 Å². The number of Topliss-reactive ketones (excluding diaryl/α,β-unsaturated/α-hetero) is 1. The van der Waals surface area contributed by atoms with E-state index in [0.717, 1.165) is 25.7 Å². The van der Waals surface area contributed by atoms with Crippen LogP contribution in [0.25, 0.3) is 0 Å². The predicted octanol–water partition coefficient (Wildman–Crippen LogP) is 3.05. The first kappa shape index (κ1) is 18.7. The first-order chi connectivity index (χ1) is 10.6. The van der Waals surface area contributed by atoms with Crippen molar-refractivity contribution in [1.82, 2.24) is 0 Å². The minimum atomic E-state index is -0.984. The maximum absolute atomic E-state index is 12.1. The van der Waals surface area contributed by atoms with Crippen molar-refractivity contribution in [3.8, 4) is 0 Å². The Morgan fingerprint density at radius 1 is 0.909 bits per heavy atom. The molecule has 0 aromatic rings. The van der Waals surface area contributed by atoms with E-state index >= 15 is 0 Å². The van der Waals surface area contributed by atoms with Gasteiger partial charge in [-0.3, -0.25) is 14.4 Å². The minimum Gasteiger partial charge on any atom is -0.468 e. The van der Waals surface area contributed by atoms with E-state index in [4.69, 9.17) is 9.47 Å². The van der Waals surface area contributed by atoms with Crippen molar-refractivity contribution >= 4 is 17.7 Å². The van der Waals surface area contributed by atoms with Gasteiger partial charge in [0.25, 0.3) is 0 Å². The Morgan fingerprint density at radius 2 is 1.41 bits per heavy atom. The van der Waals surface area contributed by atoms with Gasteiger partial charge in [0.05, 0.1) is 14.2 Å². The third-order valence-corrected chi connectivity index (χ3v) is 4.40. The van der Waals surface area contributed by atoms with Crippen LogP contribution in [0.2, 0.25) is 0 Å². The van der Waals surface area contributed by atoms with Gasteiger partial charge in [0.15, 0.2) is 5.92 Å². The Hall–Kier alpha value is -1.39. The van der Waals surface area contributed by atoms with Gasteiger partial charge in [-0.1, -0.05) is 38.5 Å². The molecule has 1 aliphatic carbocycles. The average Bonchev–Trinajstić information content (AvgIpc) is 2.51. The SMILES string of the molecule is COC(=O)C(C(=O)OC)C1CCCCCCCCCC(=O)C1. The third kappa shape index (κ3) is 6.16. The van der Waals surface area contributed by atoms with Gasteiger partial charge >= 0.3 is 11.9 Å². The fourth-order valence-corrected chi connectivity index (χ4v) is 3.13. The Bertz CT molecular complexity index is 361. The molecule has 0 radical (unpaired) electrons. The van der Waals surface area contributed by atoms with Crippen LogP contribution < -0.4 is 0 Å². The third-order valence-electron chi connectivity index (χ3n) is 4.40. The number of hydrogen-bond acceptors (Lipinski definition) is 5. The Labute approximate surface area is 132 Å². The van der Waals surface area contributed by atoms with E-state index in [1.165, 1.54) is 33.5 Å². The van der Waals surface area contributed by atoms with E-state index in [1.54, 1.807) is 0 Å². The standard InChI is InChI=1S/C17H28O5/c1-21-16(19)15(17(20)22-2)13-10-8-6-4-3-5-7-9-11-14(18)12-13/h13,15H,3-12H2,1-2H3. The van der Waals surface area contributed by atoms with E-state index in [2.05, 4.69) is 0 Å². The maximum atomic E-state index is 12.1. The minimum absolute atomic E-state index is 0.128. The number of esters is 2. The number of carbonyl (C=O) groups excluding carboxylic acids is 3. The quantitative estimate of drug-likeness (QED) is 0.592. The van der Waals surface area contributed by atoms with Crippen LogP contribution in [0.4, 0.5) is 0 Å². The van der Waals surface area contributed by atoms with Gasteiger partial charge in [0, 0.05) is 12.8 Å². The highest BCUT2D eigenvalue weighted by Crippen LogP contribution is 2.27. The van der Waals surface area contributed by atoms with Crippen molar-refractivity contribution in [2.24, 2.45) is 11.8 Å². The van der Waals surface area contributed by atoms with Crippen LogP contribution in [-0.2, 0) is 23.9 Å². The normalized spacial score (nSPS) is 21.6. The van der Waals surface area contributed by atoms with Crippen molar-refractivity contribution < 1.29 is 23.9 Å². The molecule has 1 rings (SSSR count). The smallest absolute Gasteiger partial charge is 0.320 e. The monoisotopic (exact) mass is 312 g/mol. The van der Waals surface area contributed by atoms with E-state index in [0.29, 0.717) is 12.8 Å². The number of methoxy groups -OCH3 is 2. The zero-order chi connectivity index (χ0) is 16.4. The number of rotatable bonds is 3. The van der Waals surface area contributed by atoms with Gasteiger partial charge in [-0.25, -0.2) is 0 Å². The van der Waals surface area contributed by atoms with Crippen LogP contribution in [0.5, 0.6) is 0 Å². The highest BCUT2D eigenvalue weighted by atomic mass is 16.5. The highest BCUT2D eigenvalue weighted by molar-refractivity contribution is 5.95. The van der Waals surface area contributed by atoms with Crippen LogP contribution >= 0.6 is 0 Å². The zero-order valence-corrected chi connectivity index (χ0v) is 13.8. The van der Waals surface area contributed by atoms with Gasteiger partial charge < -0.3 is 9.47 Å². The molecule has 0 N–H and O–H groups in total. The molecule has 0 saturated heterocycles. The first-order valence-corrected chi connectivity index (χ1v) is 8.27. The topological polar surface area (TPSA) is 69.7 Å². The van der Waals surface area contributed by atoms with Crippen LogP contribution in [0.3, 0.4) is 0 Å². The molecular formula is C17H28O5. The van der Waals surface area contributed by atoms with Crippen molar-refractivity contribution in [3.05, 3.63) is 0 Å². The second kappa shape index (κ2) is 10.4. The summed E-state index contributed by atoms with van der Waals surface area (Å²) in [7, 11) is 2.52. The van der Waals surface area contributed by atoms with E-state index in [1.807, 2.05) is 0 Å². The van der Waals surface area contributed by atoms with Crippen molar-refractivity contribution in [3.63, 3.8) is 0 Å². The number of carbonyl (C=O) groups is 3.